The maximum Gasteiger partial charge on any atom is 0.158 e. The van der Waals surface area contributed by atoms with Gasteiger partial charge in [0.05, 0.1) is 7.11 Å². The predicted octanol–water partition coefficient (Wildman–Crippen LogP) is 11.2. The highest BCUT2D eigenvalue weighted by Crippen LogP contribution is 2.33. The molecule has 268 valence electrons. The van der Waals surface area contributed by atoms with Crippen LogP contribution in [0.3, 0.4) is 0 Å². The zero-order chi connectivity index (χ0) is 36.2. The maximum atomic E-state index is 10.1. The molecule has 0 aliphatic carbocycles. The Labute approximate surface area is 311 Å². The SMILES string of the molecule is CCCC.CCCc1cc(OC)cc(-c2cccc(CN3CCC(N(Cc4cccc(-c5ccc(O)c(O)c5)c4)c4ccc(S)cc4)CC3)c2)c1. The molecule has 1 aliphatic heterocycles. The molecule has 0 saturated carbocycles. The topological polar surface area (TPSA) is 56.2 Å². The second-order valence-electron chi connectivity index (χ2n) is 13.6. The Morgan fingerprint density at radius 1 is 0.667 bits per heavy atom. The van der Waals surface area contributed by atoms with E-state index in [-0.39, 0.29) is 11.5 Å². The monoisotopic (exact) mass is 702 g/mol. The molecule has 1 saturated heterocycles. The second kappa shape index (κ2) is 18.7. The smallest absolute Gasteiger partial charge is 0.158 e. The molecule has 0 unspecified atom stereocenters. The van der Waals surface area contributed by atoms with E-state index in [1.165, 1.54) is 52.4 Å². The molecule has 51 heavy (non-hydrogen) atoms. The van der Waals surface area contributed by atoms with Crippen molar-refractivity contribution in [2.75, 3.05) is 25.1 Å². The molecule has 5 nitrogen and oxygen atoms in total. The summed E-state index contributed by atoms with van der Waals surface area (Å²) in [5, 5.41) is 19.9. The molecule has 6 rings (SSSR count). The van der Waals surface area contributed by atoms with Gasteiger partial charge >= 0.3 is 0 Å². The molecule has 0 bridgehead atoms. The number of ether oxygens (including phenoxy) is 1. The minimum atomic E-state index is -0.111. The number of likely N-dealkylation sites (tertiary alicyclic amines) is 1. The molecule has 5 aromatic carbocycles. The van der Waals surface area contributed by atoms with Gasteiger partial charge in [-0.15, -0.1) is 12.6 Å². The van der Waals surface area contributed by atoms with Gasteiger partial charge in [-0.05, 0) is 119 Å². The molecule has 6 heteroatoms. The summed E-state index contributed by atoms with van der Waals surface area (Å²) in [7, 11) is 1.74. The second-order valence-corrected chi connectivity index (χ2v) is 14.1. The summed E-state index contributed by atoms with van der Waals surface area (Å²) in [6, 6.07) is 37.9. The highest BCUT2D eigenvalue weighted by atomic mass is 32.1. The zero-order valence-electron chi connectivity index (χ0n) is 30.7. The van der Waals surface area contributed by atoms with Gasteiger partial charge in [-0.1, -0.05) is 88.6 Å². The first-order valence-electron chi connectivity index (χ1n) is 18.5. The van der Waals surface area contributed by atoms with Gasteiger partial charge in [0.1, 0.15) is 5.75 Å². The van der Waals surface area contributed by atoms with Crippen LogP contribution < -0.4 is 9.64 Å². The van der Waals surface area contributed by atoms with E-state index in [0.717, 1.165) is 73.6 Å². The molecular weight excluding hydrogens is 649 g/mol. The Kier molecular flexibility index (Phi) is 13.9. The fraction of sp³-hybridized carbons (Fsp3) is 0.333. The van der Waals surface area contributed by atoms with Gasteiger partial charge in [0, 0.05) is 42.8 Å². The third-order valence-corrected chi connectivity index (χ3v) is 9.97. The first kappa shape index (κ1) is 37.9. The van der Waals surface area contributed by atoms with Crippen LogP contribution in [0.2, 0.25) is 0 Å². The van der Waals surface area contributed by atoms with Crippen LogP contribution in [-0.4, -0.2) is 41.4 Å². The number of unbranched alkanes of at least 4 members (excludes halogenated alkanes) is 1. The van der Waals surface area contributed by atoms with Crippen LogP contribution in [0.4, 0.5) is 5.69 Å². The maximum absolute atomic E-state index is 10.1. The predicted molar refractivity (Wildman–Crippen MR) is 216 cm³/mol. The van der Waals surface area contributed by atoms with E-state index >= 15 is 0 Å². The number of hydrogen-bond donors (Lipinski definition) is 3. The number of phenolic OH excluding ortho intramolecular Hbond substituents is 2. The van der Waals surface area contributed by atoms with E-state index in [4.69, 9.17) is 4.74 Å². The summed E-state index contributed by atoms with van der Waals surface area (Å²) in [5.74, 6) is 0.695. The van der Waals surface area contributed by atoms with Crippen molar-refractivity contribution in [1.82, 2.24) is 4.90 Å². The van der Waals surface area contributed by atoms with Crippen LogP contribution in [0.15, 0.2) is 114 Å². The number of nitrogens with zero attached hydrogens (tertiary/aromatic N) is 2. The average molecular weight is 703 g/mol. The highest BCUT2D eigenvalue weighted by molar-refractivity contribution is 7.80. The lowest BCUT2D eigenvalue weighted by molar-refractivity contribution is 0.201. The van der Waals surface area contributed by atoms with Gasteiger partial charge in [0.2, 0.25) is 0 Å². The Bertz CT molecular complexity index is 1830. The molecule has 0 spiro atoms. The van der Waals surface area contributed by atoms with E-state index in [2.05, 4.69) is 128 Å². The summed E-state index contributed by atoms with van der Waals surface area (Å²) in [6.07, 6.45) is 6.94. The van der Waals surface area contributed by atoms with Crippen LogP contribution in [0, 0.1) is 0 Å². The van der Waals surface area contributed by atoms with E-state index in [1.807, 2.05) is 12.1 Å². The van der Waals surface area contributed by atoms with Crippen molar-refractivity contribution in [3.8, 4) is 39.5 Å². The lowest BCUT2D eigenvalue weighted by Gasteiger charge is -2.40. The Morgan fingerprint density at radius 2 is 1.29 bits per heavy atom. The number of anilines is 1. The molecule has 5 aromatic rings. The average Bonchev–Trinajstić information content (AvgIpc) is 3.16. The first-order chi connectivity index (χ1) is 24.8. The number of benzene rings is 5. The molecule has 0 aromatic heterocycles. The number of hydrogen-bond acceptors (Lipinski definition) is 6. The van der Waals surface area contributed by atoms with Gasteiger partial charge in [-0.25, -0.2) is 0 Å². The van der Waals surface area contributed by atoms with E-state index < -0.39 is 0 Å². The van der Waals surface area contributed by atoms with Crippen molar-refractivity contribution in [2.24, 2.45) is 0 Å². The third-order valence-electron chi connectivity index (χ3n) is 9.68. The molecule has 0 atom stereocenters. The number of aromatic hydroxyl groups is 2. The van der Waals surface area contributed by atoms with E-state index in [1.54, 1.807) is 13.2 Å². The van der Waals surface area contributed by atoms with Crippen molar-refractivity contribution < 1.29 is 14.9 Å². The summed E-state index contributed by atoms with van der Waals surface area (Å²) >= 11 is 4.54. The van der Waals surface area contributed by atoms with E-state index in [9.17, 15) is 10.2 Å². The van der Waals surface area contributed by atoms with Crippen molar-refractivity contribution in [3.05, 3.63) is 126 Å². The first-order valence-corrected chi connectivity index (χ1v) is 18.9. The number of aryl methyl sites for hydroxylation is 1. The molecule has 0 radical (unpaired) electrons. The number of phenols is 2. The summed E-state index contributed by atoms with van der Waals surface area (Å²) < 4.78 is 5.62. The Balaban J connectivity index is 0.00000120. The summed E-state index contributed by atoms with van der Waals surface area (Å²) in [5.41, 5.74) is 9.37. The molecular formula is C45H54N2O3S. The minimum absolute atomic E-state index is 0.110. The summed E-state index contributed by atoms with van der Waals surface area (Å²) in [4.78, 5) is 6.07. The van der Waals surface area contributed by atoms with Gasteiger partial charge in [0.15, 0.2) is 11.5 Å². The molecule has 1 heterocycles. The standard InChI is InChI=1S/C41H44N2O3S.C4H10/c1-3-6-29-21-35(25-38(24-29)46-2)33-10-4-7-30(22-33)27-42-19-17-37(18-20-42)43(36-12-14-39(47)15-13-36)28-31-8-5-9-32(23-31)34-11-16-40(44)41(45)26-34;1-3-4-2/h4-5,7-16,21-26,37,44-45,47H,3,6,17-20,27-28H2,1-2H3;3-4H2,1-2H3. The van der Waals surface area contributed by atoms with Crippen LogP contribution in [0.1, 0.15) is 69.6 Å². The van der Waals surface area contributed by atoms with Crippen molar-refractivity contribution in [3.63, 3.8) is 0 Å². The quantitative estimate of drug-likeness (QED) is 0.0892. The molecule has 1 fully saturated rings. The van der Waals surface area contributed by atoms with Crippen LogP contribution in [0.5, 0.6) is 17.2 Å². The van der Waals surface area contributed by atoms with Gasteiger partial charge in [-0.2, -0.15) is 0 Å². The Morgan fingerprint density at radius 3 is 1.94 bits per heavy atom. The highest BCUT2D eigenvalue weighted by Gasteiger charge is 2.25. The number of methoxy groups -OCH3 is 1. The number of thiol groups is 1. The van der Waals surface area contributed by atoms with Gasteiger partial charge < -0.3 is 19.8 Å². The fourth-order valence-corrected chi connectivity index (χ4v) is 6.85. The van der Waals surface area contributed by atoms with Crippen LogP contribution in [-0.2, 0) is 19.5 Å². The van der Waals surface area contributed by atoms with Gasteiger partial charge in [0.25, 0.3) is 0 Å². The molecule has 1 aliphatic rings. The number of piperidine rings is 1. The zero-order valence-corrected chi connectivity index (χ0v) is 31.6. The lowest BCUT2D eigenvalue weighted by Crippen LogP contribution is -2.44. The van der Waals surface area contributed by atoms with Crippen molar-refractivity contribution in [1.29, 1.82) is 0 Å². The van der Waals surface area contributed by atoms with Crippen LogP contribution in [0.25, 0.3) is 22.3 Å². The fourth-order valence-electron chi connectivity index (χ4n) is 6.70. The number of rotatable bonds is 12. The molecule has 0 amide bonds. The van der Waals surface area contributed by atoms with Crippen molar-refractivity contribution >= 4 is 18.3 Å². The lowest BCUT2D eigenvalue weighted by atomic mass is 9.97. The van der Waals surface area contributed by atoms with E-state index in [0.29, 0.717) is 6.04 Å². The van der Waals surface area contributed by atoms with Gasteiger partial charge in [-0.3, -0.25) is 4.90 Å². The minimum Gasteiger partial charge on any atom is -0.504 e. The molecule has 2 N–H and O–H groups in total. The summed E-state index contributed by atoms with van der Waals surface area (Å²) in [6.45, 7) is 10.3. The van der Waals surface area contributed by atoms with Crippen LogP contribution >= 0.6 is 12.6 Å². The third kappa shape index (κ3) is 10.6. The normalized spacial score (nSPS) is 13.4. The largest absolute Gasteiger partial charge is 0.504 e. The Hall–Kier alpha value is -4.39. The van der Waals surface area contributed by atoms with Crippen molar-refractivity contribution in [2.45, 2.75) is 83.3 Å².